The molecule has 0 aromatic carbocycles. The predicted molar refractivity (Wildman–Crippen MR) is 81.0 cm³/mol. The van der Waals surface area contributed by atoms with E-state index in [0.29, 0.717) is 11.6 Å². The number of nitrogens with zero attached hydrogens (tertiary/aromatic N) is 1. The summed E-state index contributed by atoms with van der Waals surface area (Å²) in [7, 11) is 1.83. The quantitative estimate of drug-likeness (QED) is 0.868. The van der Waals surface area contributed by atoms with Gasteiger partial charge in [0, 0.05) is 30.1 Å². The Morgan fingerprint density at radius 3 is 3.00 bits per heavy atom. The molecule has 0 aliphatic carbocycles. The Kier molecular flexibility index (Phi) is 5.07. The summed E-state index contributed by atoms with van der Waals surface area (Å²) in [6.45, 7) is 2.11. The van der Waals surface area contributed by atoms with Crippen LogP contribution in [0.1, 0.15) is 35.8 Å². The Labute approximate surface area is 118 Å². The second-order valence-electron chi connectivity index (χ2n) is 4.77. The molecule has 1 aromatic rings. The van der Waals surface area contributed by atoms with E-state index in [0.717, 1.165) is 42.3 Å². The van der Waals surface area contributed by atoms with Crippen LogP contribution in [0.3, 0.4) is 0 Å². The average molecular weight is 279 g/mol. The summed E-state index contributed by atoms with van der Waals surface area (Å²) < 4.78 is 0. The van der Waals surface area contributed by atoms with Gasteiger partial charge in [-0.1, -0.05) is 13.3 Å². The van der Waals surface area contributed by atoms with Crippen molar-refractivity contribution in [3.63, 3.8) is 0 Å². The highest BCUT2D eigenvalue weighted by molar-refractivity contribution is 7.99. The number of amides is 1. The van der Waals surface area contributed by atoms with Crippen LogP contribution in [0, 0.1) is 0 Å². The molecular weight excluding hydrogens is 258 g/mol. The molecule has 1 atom stereocenters. The second kappa shape index (κ2) is 6.80. The number of nitrogens with one attached hydrogen (secondary N) is 2. The molecule has 1 aromatic heterocycles. The van der Waals surface area contributed by atoms with E-state index in [9.17, 15) is 4.79 Å². The van der Waals surface area contributed by atoms with Crippen LogP contribution in [0.15, 0.2) is 12.1 Å². The highest BCUT2D eigenvalue weighted by atomic mass is 32.2. The van der Waals surface area contributed by atoms with E-state index in [1.807, 2.05) is 30.9 Å². The number of aryl methyl sites for hydroxylation is 1. The first-order chi connectivity index (χ1) is 9.22. The number of rotatable bonds is 5. The molecule has 1 unspecified atom stereocenters. The number of carbonyl (C=O) groups is 1. The van der Waals surface area contributed by atoms with Crippen LogP contribution in [-0.2, 0) is 6.42 Å². The predicted octanol–water partition coefficient (Wildman–Crippen LogP) is 2.31. The summed E-state index contributed by atoms with van der Waals surface area (Å²) in [6.07, 6.45) is 3.00. The maximum Gasteiger partial charge on any atom is 0.251 e. The van der Waals surface area contributed by atoms with Crippen LogP contribution in [0.2, 0.25) is 0 Å². The van der Waals surface area contributed by atoms with Gasteiger partial charge in [0.1, 0.15) is 5.82 Å². The molecule has 0 spiro atoms. The maximum atomic E-state index is 12.2. The SMILES string of the molecule is CCCc1cc(C(=O)NC2CCSC2)cc(NC)n1. The lowest BCUT2D eigenvalue weighted by Gasteiger charge is -2.13. The molecule has 1 aliphatic rings. The van der Waals surface area contributed by atoms with Crippen molar-refractivity contribution in [2.45, 2.75) is 32.2 Å². The van der Waals surface area contributed by atoms with E-state index in [4.69, 9.17) is 0 Å². The van der Waals surface area contributed by atoms with Gasteiger partial charge in [0.05, 0.1) is 0 Å². The monoisotopic (exact) mass is 279 g/mol. The van der Waals surface area contributed by atoms with E-state index >= 15 is 0 Å². The van der Waals surface area contributed by atoms with Crippen LogP contribution in [0.25, 0.3) is 0 Å². The molecular formula is C14H21N3OS. The third kappa shape index (κ3) is 3.86. The van der Waals surface area contributed by atoms with Crippen LogP contribution >= 0.6 is 11.8 Å². The molecule has 4 nitrogen and oxygen atoms in total. The molecule has 1 amide bonds. The van der Waals surface area contributed by atoms with Gasteiger partial charge in [-0.25, -0.2) is 4.98 Å². The Hall–Kier alpha value is -1.23. The Balaban J connectivity index is 2.12. The number of pyridine rings is 1. The zero-order valence-corrected chi connectivity index (χ0v) is 12.3. The van der Waals surface area contributed by atoms with E-state index < -0.39 is 0 Å². The molecule has 0 radical (unpaired) electrons. The number of aromatic nitrogens is 1. The molecule has 2 N–H and O–H groups in total. The first kappa shape index (κ1) is 14.2. The lowest BCUT2D eigenvalue weighted by Crippen LogP contribution is -2.34. The highest BCUT2D eigenvalue weighted by Gasteiger charge is 2.19. The normalized spacial score (nSPS) is 18.3. The lowest BCUT2D eigenvalue weighted by molar-refractivity contribution is 0.0941. The van der Waals surface area contributed by atoms with Crippen molar-refractivity contribution < 1.29 is 4.79 Å². The molecule has 0 saturated carbocycles. The van der Waals surface area contributed by atoms with Crippen molar-refractivity contribution in [3.05, 3.63) is 23.4 Å². The first-order valence-corrected chi connectivity index (χ1v) is 7.95. The maximum absolute atomic E-state index is 12.2. The zero-order chi connectivity index (χ0) is 13.7. The fourth-order valence-electron chi connectivity index (χ4n) is 2.15. The summed E-state index contributed by atoms with van der Waals surface area (Å²) >= 11 is 1.90. The van der Waals surface area contributed by atoms with Gasteiger partial charge < -0.3 is 10.6 Å². The molecule has 19 heavy (non-hydrogen) atoms. The summed E-state index contributed by atoms with van der Waals surface area (Å²) in [5.41, 5.74) is 1.68. The second-order valence-corrected chi connectivity index (χ2v) is 5.92. The summed E-state index contributed by atoms with van der Waals surface area (Å²) in [4.78, 5) is 16.7. The standard InChI is InChI=1S/C14H21N3OS/c1-3-4-11-7-10(8-13(15-2)16-11)14(18)17-12-5-6-19-9-12/h7-8,12H,3-6,9H2,1-2H3,(H,15,16)(H,17,18). The van der Waals surface area contributed by atoms with Crippen LogP contribution < -0.4 is 10.6 Å². The molecule has 1 saturated heterocycles. The minimum absolute atomic E-state index is 0.0174. The molecule has 2 rings (SSSR count). The largest absolute Gasteiger partial charge is 0.373 e. The minimum Gasteiger partial charge on any atom is -0.373 e. The van der Waals surface area contributed by atoms with Gasteiger partial charge in [-0.05, 0) is 30.7 Å². The molecule has 1 aliphatic heterocycles. The lowest BCUT2D eigenvalue weighted by atomic mass is 10.1. The van der Waals surface area contributed by atoms with Crippen molar-refractivity contribution in [1.29, 1.82) is 0 Å². The molecule has 5 heteroatoms. The third-order valence-corrected chi connectivity index (χ3v) is 4.33. The van der Waals surface area contributed by atoms with Gasteiger partial charge in [0.2, 0.25) is 0 Å². The van der Waals surface area contributed by atoms with E-state index in [1.165, 1.54) is 0 Å². The van der Waals surface area contributed by atoms with Crippen molar-refractivity contribution in [2.24, 2.45) is 0 Å². The van der Waals surface area contributed by atoms with Crippen molar-refractivity contribution >= 4 is 23.5 Å². The number of thioether (sulfide) groups is 1. The van der Waals surface area contributed by atoms with Gasteiger partial charge >= 0.3 is 0 Å². The van der Waals surface area contributed by atoms with Gasteiger partial charge in [0.15, 0.2) is 0 Å². The average Bonchev–Trinajstić information content (AvgIpc) is 2.91. The Morgan fingerprint density at radius 1 is 1.53 bits per heavy atom. The first-order valence-electron chi connectivity index (χ1n) is 6.80. The van der Waals surface area contributed by atoms with Crippen molar-refractivity contribution in [2.75, 3.05) is 23.9 Å². The Bertz CT molecular complexity index is 444. The molecule has 2 heterocycles. The fraction of sp³-hybridized carbons (Fsp3) is 0.571. The van der Waals surface area contributed by atoms with Crippen molar-refractivity contribution in [3.8, 4) is 0 Å². The fourth-order valence-corrected chi connectivity index (χ4v) is 3.30. The summed E-state index contributed by atoms with van der Waals surface area (Å²) in [5, 5.41) is 6.12. The molecule has 1 fully saturated rings. The van der Waals surface area contributed by atoms with Crippen LogP contribution in [0.5, 0.6) is 0 Å². The van der Waals surface area contributed by atoms with E-state index in [1.54, 1.807) is 0 Å². The van der Waals surface area contributed by atoms with Crippen molar-refractivity contribution in [1.82, 2.24) is 10.3 Å². The number of hydrogen-bond acceptors (Lipinski definition) is 4. The third-order valence-electron chi connectivity index (χ3n) is 3.17. The van der Waals surface area contributed by atoms with Crippen LogP contribution in [-0.4, -0.2) is 35.5 Å². The Morgan fingerprint density at radius 2 is 2.37 bits per heavy atom. The highest BCUT2D eigenvalue weighted by Crippen LogP contribution is 2.18. The topological polar surface area (TPSA) is 54.0 Å². The molecule has 104 valence electrons. The summed E-state index contributed by atoms with van der Waals surface area (Å²) in [6, 6.07) is 4.04. The number of hydrogen-bond donors (Lipinski definition) is 2. The van der Waals surface area contributed by atoms with Gasteiger partial charge in [-0.15, -0.1) is 0 Å². The molecule has 0 bridgehead atoms. The van der Waals surface area contributed by atoms with Gasteiger partial charge in [0.25, 0.3) is 5.91 Å². The van der Waals surface area contributed by atoms with Gasteiger partial charge in [-0.3, -0.25) is 4.79 Å². The van der Waals surface area contributed by atoms with Crippen LogP contribution in [0.4, 0.5) is 5.82 Å². The minimum atomic E-state index is 0.0174. The number of anilines is 1. The zero-order valence-electron chi connectivity index (χ0n) is 11.5. The van der Waals surface area contributed by atoms with E-state index in [-0.39, 0.29) is 5.91 Å². The number of carbonyl (C=O) groups excluding carboxylic acids is 1. The smallest absolute Gasteiger partial charge is 0.251 e. The van der Waals surface area contributed by atoms with E-state index in [2.05, 4.69) is 22.5 Å². The summed E-state index contributed by atoms with van der Waals surface area (Å²) in [5.74, 6) is 2.95. The van der Waals surface area contributed by atoms with Gasteiger partial charge in [-0.2, -0.15) is 11.8 Å².